The first-order valence-electron chi connectivity index (χ1n) is 5.99. The van der Waals surface area contributed by atoms with Crippen molar-refractivity contribution < 1.29 is 14.3 Å². The molecule has 5 heteroatoms. The van der Waals surface area contributed by atoms with Crippen molar-refractivity contribution in [1.82, 2.24) is 0 Å². The zero-order valence-corrected chi connectivity index (χ0v) is 10.4. The van der Waals surface area contributed by atoms with Crippen molar-refractivity contribution in [2.75, 3.05) is 25.6 Å². The van der Waals surface area contributed by atoms with Gasteiger partial charge >= 0.3 is 0 Å². The van der Waals surface area contributed by atoms with E-state index < -0.39 is 0 Å². The average Bonchev–Trinajstić information content (AvgIpc) is 2.36. The van der Waals surface area contributed by atoms with Crippen LogP contribution < -0.4 is 15.8 Å². The van der Waals surface area contributed by atoms with Gasteiger partial charge < -0.3 is 20.5 Å². The highest BCUT2D eigenvalue weighted by atomic mass is 16.5. The quantitative estimate of drug-likeness (QED) is 0.815. The number of fused-ring (bicyclic) bond motifs is 1. The first-order chi connectivity index (χ1) is 8.69. The molecule has 1 heterocycles. The Bertz CT molecular complexity index is 434. The number of carbonyl (C=O) groups excluding carboxylic acids is 1. The second-order valence-corrected chi connectivity index (χ2v) is 4.39. The van der Waals surface area contributed by atoms with Gasteiger partial charge in [0.2, 0.25) is 5.91 Å². The summed E-state index contributed by atoms with van der Waals surface area (Å²) in [5.41, 5.74) is 7.76. The zero-order valence-electron chi connectivity index (χ0n) is 10.4. The van der Waals surface area contributed by atoms with E-state index in [1.165, 1.54) is 0 Å². The summed E-state index contributed by atoms with van der Waals surface area (Å²) in [6.07, 6.45) is 1.28. The summed E-state index contributed by atoms with van der Waals surface area (Å²) < 4.78 is 10.5. The molecular weight excluding hydrogens is 232 g/mol. The highest BCUT2D eigenvalue weighted by molar-refractivity contribution is 5.93. The van der Waals surface area contributed by atoms with Crippen molar-refractivity contribution in [2.45, 2.75) is 18.9 Å². The third kappa shape index (κ3) is 3.21. The molecular formula is C13H18N2O3. The largest absolute Gasteiger partial charge is 0.492 e. The van der Waals surface area contributed by atoms with Crippen LogP contribution in [0.25, 0.3) is 0 Å². The molecule has 0 saturated carbocycles. The highest BCUT2D eigenvalue weighted by Gasteiger charge is 2.15. The third-order valence-electron chi connectivity index (χ3n) is 2.82. The molecule has 0 aliphatic carbocycles. The fraction of sp³-hybridized carbons (Fsp3) is 0.462. The minimum atomic E-state index is -0.134. The summed E-state index contributed by atoms with van der Waals surface area (Å²) in [6, 6.07) is 5.52. The van der Waals surface area contributed by atoms with Crippen LogP contribution in [0.15, 0.2) is 18.2 Å². The highest BCUT2D eigenvalue weighted by Crippen LogP contribution is 2.26. The van der Waals surface area contributed by atoms with Crippen LogP contribution in [0.2, 0.25) is 0 Å². The van der Waals surface area contributed by atoms with E-state index in [1.54, 1.807) is 7.11 Å². The molecule has 0 fully saturated rings. The van der Waals surface area contributed by atoms with Crippen LogP contribution in [0, 0.1) is 0 Å². The van der Waals surface area contributed by atoms with Crippen LogP contribution in [0.4, 0.5) is 5.69 Å². The maximum Gasteiger partial charge on any atom is 0.224 e. The summed E-state index contributed by atoms with van der Waals surface area (Å²) in [6.45, 7) is 0.889. The molecule has 1 aromatic carbocycles. The number of nitrogens with two attached hydrogens (primary N) is 1. The predicted molar refractivity (Wildman–Crippen MR) is 68.7 cm³/mol. The lowest BCUT2D eigenvalue weighted by Crippen LogP contribution is -2.32. The maximum atomic E-state index is 11.2. The fourth-order valence-corrected chi connectivity index (χ4v) is 1.92. The van der Waals surface area contributed by atoms with E-state index in [2.05, 4.69) is 5.32 Å². The monoisotopic (exact) mass is 250 g/mol. The van der Waals surface area contributed by atoms with Gasteiger partial charge in [0.05, 0.1) is 12.6 Å². The lowest BCUT2D eigenvalue weighted by atomic mass is 10.0. The van der Waals surface area contributed by atoms with Gasteiger partial charge in [-0.1, -0.05) is 0 Å². The summed E-state index contributed by atoms with van der Waals surface area (Å²) in [5.74, 6) is 0.842. The Balaban J connectivity index is 1.97. The number of anilines is 1. The lowest BCUT2D eigenvalue weighted by molar-refractivity contribution is -0.116. The van der Waals surface area contributed by atoms with Gasteiger partial charge in [-0.2, -0.15) is 0 Å². The average molecular weight is 250 g/mol. The first kappa shape index (κ1) is 12.9. The van der Waals surface area contributed by atoms with Crippen molar-refractivity contribution >= 4 is 11.6 Å². The minimum Gasteiger partial charge on any atom is -0.492 e. The number of amides is 1. The van der Waals surface area contributed by atoms with Gasteiger partial charge in [-0.15, -0.1) is 0 Å². The topological polar surface area (TPSA) is 73.6 Å². The van der Waals surface area contributed by atoms with Gasteiger partial charge in [0.25, 0.3) is 0 Å². The Kier molecular flexibility index (Phi) is 4.17. The second kappa shape index (κ2) is 5.84. The minimum absolute atomic E-state index is 0.0679. The molecule has 0 aromatic heterocycles. The Morgan fingerprint density at radius 3 is 3.00 bits per heavy atom. The van der Waals surface area contributed by atoms with Gasteiger partial charge in [-0.25, -0.2) is 0 Å². The molecule has 1 atom stereocenters. The second-order valence-electron chi connectivity index (χ2n) is 4.39. The number of nitrogens with one attached hydrogen (secondary N) is 1. The maximum absolute atomic E-state index is 11.2. The molecule has 1 aliphatic heterocycles. The number of rotatable bonds is 5. The van der Waals surface area contributed by atoms with E-state index in [0.717, 1.165) is 23.4 Å². The van der Waals surface area contributed by atoms with E-state index >= 15 is 0 Å². The third-order valence-corrected chi connectivity index (χ3v) is 2.82. The molecule has 98 valence electrons. The summed E-state index contributed by atoms with van der Waals surface area (Å²) in [5, 5.41) is 2.83. The van der Waals surface area contributed by atoms with Crippen LogP contribution >= 0.6 is 0 Å². The Morgan fingerprint density at radius 1 is 1.39 bits per heavy atom. The Labute approximate surface area is 106 Å². The molecule has 0 saturated heterocycles. The van der Waals surface area contributed by atoms with Gasteiger partial charge in [0.15, 0.2) is 0 Å². The van der Waals surface area contributed by atoms with Crippen molar-refractivity contribution in [1.29, 1.82) is 0 Å². The van der Waals surface area contributed by atoms with Crippen LogP contribution in [-0.2, 0) is 16.0 Å². The normalized spacial score (nSPS) is 15.8. The van der Waals surface area contributed by atoms with E-state index in [0.29, 0.717) is 19.6 Å². The van der Waals surface area contributed by atoms with Crippen LogP contribution in [0.1, 0.15) is 12.0 Å². The van der Waals surface area contributed by atoms with Crippen LogP contribution in [-0.4, -0.2) is 32.3 Å². The summed E-state index contributed by atoms with van der Waals surface area (Å²) in [7, 11) is 1.61. The predicted octanol–water partition coefficient (Wildman–Crippen LogP) is 0.924. The summed E-state index contributed by atoms with van der Waals surface area (Å²) >= 11 is 0. The molecule has 1 aromatic rings. The van der Waals surface area contributed by atoms with E-state index in [-0.39, 0.29) is 11.9 Å². The SMILES string of the molecule is COCC(N)COc1ccc2c(c1)CCC(=O)N2. The molecule has 5 nitrogen and oxygen atoms in total. The van der Waals surface area contributed by atoms with Gasteiger partial charge in [-0.05, 0) is 30.2 Å². The first-order valence-corrected chi connectivity index (χ1v) is 5.99. The van der Waals surface area contributed by atoms with Crippen molar-refractivity contribution in [3.05, 3.63) is 23.8 Å². The molecule has 18 heavy (non-hydrogen) atoms. The van der Waals surface area contributed by atoms with Gasteiger partial charge in [0.1, 0.15) is 12.4 Å². The number of benzene rings is 1. The smallest absolute Gasteiger partial charge is 0.224 e. The number of ether oxygens (including phenoxy) is 2. The fourth-order valence-electron chi connectivity index (χ4n) is 1.92. The van der Waals surface area contributed by atoms with Gasteiger partial charge in [0, 0.05) is 19.2 Å². The lowest BCUT2D eigenvalue weighted by Gasteiger charge is -2.18. The van der Waals surface area contributed by atoms with Crippen molar-refractivity contribution in [2.24, 2.45) is 5.73 Å². The molecule has 1 aliphatic rings. The molecule has 0 spiro atoms. The number of hydrogen-bond acceptors (Lipinski definition) is 4. The summed E-state index contributed by atoms with van der Waals surface area (Å²) in [4.78, 5) is 11.2. The van der Waals surface area contributed by atoms with Crippen LogP contribution in [0.3, 0.4) is 0 Å². The van der Waals surface area contributed by atoms with Crippen molar-refractivity contribution in [3.63, 3.8) is 0 Å². The standard InChI is InChI=1S/C13H18N2O3/c1-17-7-10(14)8-18-11-3-4-12-9(6-11)2-5-13(16)15-12/h3-4,6,10H,2,5,7-8,14H2,1H3,(H,15,16). The van der Waals surface area contributed by atoms with Crippen LogP contribution in [0.5, 0.6) is 5.75 Å². The Hall–Kier alpha value is -1.59. The molecule has 1 unspecified atom stereocenters. The molecule has 1 amide bonds. The number of methoxy groups -OCH3 is 1. The van der Waals surface area contributed by atoms with E-state index in [9.17, 15) is 4.79 Å². The Morgan fingerprint density at radius 2 is 2.22 bits per heavy atom. The number of aryl methyl sites for hydroxylation is 1. The van der Waals surface area contributed by atoms with E-state index in [1.807, 2.05) is 18.2 Å². The van der Waals surface area contributed by atoms with Gasteiger partial charge in [-0.3, -0.25) is 4.79 Å². The molecule has 0 radical (unpaired) electrons. The van der Waals surface area contributed by atoms with E-state index in [4.69, 9.17) is 15.2 Å². The molecule has 3 N–H and O–H groups in total. The molecule has 0 bridgehead atoms. The number of carbonyl (C=O) groups is 1. The molecule has 2 rings (SSSR count). The number of hydrogen-bond donors (Lipinski definition) is 2. The van der Waals surface area contributed by atoms with Crippen molar-refractivity contribution in [3.8, 4) is 5.75 Å². The zero-order chi connectivity index (χ0) is 13.0.